The number of aromatic nitrogens is 2. The second-order valence-electron chi connectivity index (χ2n) is 5.17. The quantitative estimate of drug-likeness (QED) is 0.721. The molecule has 0 aromatic carbocycles. The summed E-state index contributed by atoms with van der Waals surface area (Å²) < 4.78 is 7.78. The van der Waals surface area contributed by atoms with Crippen molar-refractivity contribution in [3.8, 4) is 0 Å². The molecule has 1 saturated heterocycles. The van der Waals surface area contributed by atoms with Crippen LogP contribution in [-0.2, 0) is 11.3 Å². The van der Waals surface area contributed by atoms with Crippen molar-refractivity contribution in [1.82, 2.24) is 14.9 Å². The molecule has 2 rings (SSSR count). The molecule has 112 valence electrons. The van der Waals surface area contributed by atoms with Crippen molar-refractivity contribution in [2.75, 3.05) is 7.05 Å². The fourth-order valence-corrected chi connectivity index (χ4v) is 2.84. The van der Waals surface area contributed by atoms with E-state index in [4.69, 9.17) is 17.0 Å². The van der Waals surface area contributed by atoms with Crippen LogP contribution in [0.25, 0.3) is 0 Å². The normalized spacial score (nSPS) is 29.8. The minimum atomic E-state index is -0.639. The first-order valence-electron chi connectivity index (χ1n) is 6.82. The fourth-order valence-electron chi connectivity index (χ4n) is 2.59. The Kier molecular flexibility index (Phi) is 4.74. The minimum absolute atomic E-state index is 0.00317. The van der Waals surface area contributed by atoms with Crippen LogP contribution in [0.5, 0.6) is 0 Å². The highest BCUT2D eigenvalue weighted by Crippen LogP contribution is 2.35. The monoisotopic (exact) mass is 299 g/mol. The molecule has 1 unspecified atom stereocenters. The Balaban J connectivity index is 2.40. The molecule has 1 aliphatic heterocycles. The Hall–Kier alpha value is -1.02. The molecule has 0 aliphatic carbocycles. The van der Waals surface area contributed by atoms with Gasteiger partial charge in [0, 0.05) is 24.2 Å². The fraction of sp³-hybridized carbons (Fsp3) is 0.692. The van der Waals surface area contributed by atoms with Crippen LogP contribution in [0.3, 0.4) is 0 Å². The van der Waals surface area contributed by atoms with E-state index in [0.717, 1.165) is 6.42 Å². The van der Waals surface area contributed by atoms with Gasteiger partial charge in [-0.2, -0.15) is 0 Å². The van der Waals surface area contributed by atoms with Crippen molar-refractivity contribution < 1.29 is 9.84 Å². The summed E-state index contributed by atoms with van der Waals surface area (Å²) in [6, 6.07) is 0. The van der Waals surface area contributed by atoms with Gasteiger partial charge in [0.1, 0.15) is 6.10 Å². The Labute approximate surface area is 122 Å². The van der Waals surface area contributed by atoms with E-state index in [1.807, 2.05) is 13.8 Å². The minimum Gasteiger partial charge on any atom is -0.388 e. The van der Waals surface area contributed by atoms with Gasteiger partial charge in [0.05, 0.1) is 6.10 Å². The third-order valence-corrected chi connectivity index (χ3v) is 4.13. The molecule has 1 aromatic rings. The Morgan fingerprint density at radius 2 is 2.30 bits per heavy atom. The molecule has 2 heterocycles. The third kappa shape index (κ3) is 2.71. The SMILES string of the molecule is CC[C@H]1O[C@@H](n2cc(CNC)c(=O)[nH]c2=S)C(O)[C@H]1C. The third-order valence-electron chi connectivity index (χ3n) is 3.82. The molecule has 3 N–H and O–H groups in total. The van der Waals surface area contributed by atoms with Crippen molar-refractivity contribution in [2.24, 2.45) is 5.92 Å². The van der Waals surface area contributed by atoms with Crippen LogP contribution in [0.2, 0.25) is 0 Å². The first-order valence-corrected chi connectivity index (χ1v) is 7.22. The van der Waals surface area contributed by atoms with Crippen LogP contribution in [0.15, 0.2) is 11.0 Å². The Bertz CT molecular complexity index is 583. The second-order valence-corrected chi connectivity index (χ2v) is 5.56. The van der Waals surface area contributed by atoms with Crippen LogP contribution < -0.4 is 10.9 Å². The predicted molar refractivity (Wildman–Crippen MR) is 78.0 cm³/mol. The van der Waals surface area contributed by atoms with Crippen molar-refractivity contribution in [2.45, 2.75) is 45.2 Å². The zero-order valence-electron chi connectivity index (χ0n) is 11.9. The summed E-state index contributed by atoms with van der Waals surface area (Å²) in [4.78, 5) is 14.4. The summed E-state index contributed by atoms with van der Waals surface area (Å²) in [6.07, 6.45) is 1.30. The lowest BCUT2D eigenvalue weighted by atomic mass is 9.99. The van der Waals surface area contributed by atoms with Crippen LogP contribution in [0.1, 0.15) is 32.1 Å². The van der Waals surface area contributed by atoms with E-state index >= 15 is 0 Å². The van der Waals surface area contributed by atoms with E-state index in [-0.39, 0.29) is 22.4 Å². The summed E-state index contributed by atoms with van der Waals surface area (Å²) in [6.45, 7) is 4.41. The summed E-state index contributed by atoms with van der Waals surface area (Å²) in [5, 5.41) is 13.3. The maximum absolute atomic E-state index is 11.8. The van der Waals surface area contributed by atoms with Gasteiger partial charge in [-0.05, 0) is 25.7 Å². The van der Waals surface area contributed by atoms with Crippen molar-refractivity contribution in [3.63, 3.8) is 0 Å². The van der Waals surface area contributed by atoms with Gasteiger partial charge in [-0.15, -0.1) is 0 Å². The number of nitrogens with one attached hydrogen (secondary N) is 2. The summed E-state index contributed by atoms with van der Waals surface area (Å²) in [5.41, 5.74) is 0.345. The van der Waals surface area contributed by atoms with E-state index in [1.165, 1.54) is 0 Å². The van der Waals surface area contributed by atoms with Gasteiger partial charge in [0.15, 0.2) is 11.0 Å². The average molecular weight is 299 g/mol. The Morgan fingerprint density at radius 1 is 1.60 bits per heavy atom. The average Bonchev–Trinajstić information content (AvgIpc) is 2.70. The molecule has 6 nitrogen and oxygen atoms in total. The number of rotatable bonds is 4. The maximum atomic E-state index is 11.8. The van der Waals surface area contributed by atoms with E-state index in [2.05, 4.69) is 10.3 Å². The first kappa shape index (κ1) is 15.4. The van der Waals surface area contributed by atoms with Crippen LogP contribution in [0, 0.1) is 10.7 Å². The lowest BCUT2D eigenvalue weighted by Crippen LogP contribution is -2.28. The summed E-state index contributed by atoms with van der Waals surface area (Å²) in [5.74, 6) is 0.0339. The highest BCUT2D eigenvalue weighted by atomic mass is 32.1. The van der Waals surface area contributed by atoms with Gasteiger partial charge in [-0.3, -0.25) is 14.3 Å². The highest BCUT2D eigenvalue weighted by Gasteiger charge is 2.41. The van der Waals surface area contributed by atoms with E-state index < -0.39 is 12.3 Å². The number of nitrogens with zero attached hydrogens (tertiary/aromatic N) is 1. The van der Waals surface area contributed by atoms with E-state index in [0.29, 0.717) is 12.1 Å². The number of aliphatic hydroxyl groups excluding tert-OH is 1. The number of hydrogen-bond donors (Lipinski definition) is 3. The lowest BCUT2D eigenvalue weighted by molar-refractivity contribution is -0.0395. The molecule has 7 heteroatoms. The van der Waals surface area contributed by atoms with Gasteiger partial charge < -0.3 is 15.2 Å². The molecule has 1 fully saturated rings. The molecule has 0 bridgehead atoms. The van der Waals surface area contributed by atoms with Crippen molar-refractivity contribution >= 4 is 12.2 Å². The molecule has 0 spiro atoms. The summed E-state index contributed by atoms with van der Waals surface area (Å²) >= 11 is 5.18. The molecular formula is C13H21N3O3S. The van der Waals surface area contributed by atoms with Gasteiger partial charge in [0.2, 0.25) is 0 Å². The zero-order valence-corrected chi connectivity index (χ0v) is 12.7. The predicted octanol–water partition coefficient (Wildman–Crippen LogP) is 0.930. The topological polar surface area (TPSA) is 79.3 Å². The van der Waals surface area contributed by atoms with Crippen LogP contribution in [0.4, 0.5) is 0 Å². The number of H-pyrrole nitrogens is 1. The number of ether oxygens (including phenoxy) is 1. The molecule has 20 heavy (non-hydrogen) atoms. The van der Waals surface area contributed by atoms with Crippen molar-refractivity contribution in [1.29, 1.82) is 0 Å². The van der Waals surface area contributed by atoms with E-state index in [1.54, 1.807) is 17.8 Å². The molecule has 1 aliphatic rings. The second kappa shape index (κ2) is 6.17. The maximum Gasteiger partial charge on any atom is 0.256 e. The van der Waals surface area contributed by atoms with Crippen LogP contribution >= 0.6 is 12.2 Å². The van der Waals surface area contributed by atoms with Crippen molar-refractivity contribution in [3.05, 3.63) is 26.9 Å². The Morgan fingerprint density at radius 3 is 2.85 bits per heavy atom. The largest absolute Gasteiger partial charge is 0.388 e. The number of aromatic amines is 1. The summed E-state index contributed by atoms with van der Waals surface area (Å²) in [7, 11) is 1.77. The smallest absolute Gasteiger partial charge is 0.256 e. The molecule has 0 amide bonds. The van der Waals surface area contributed by atoms with Gasteiger partial charge in [-0.1, -0.05) is 13.8 Å². The molecular weight excluding hydrogens is 278 g/mol. The van der Waals surface area contributed by atoms with Gasteiger partial charge in [-0.25, -0.2) is 0 Å². The first-order chi connectivity index (χ1) is 9.49. The molecule has 1 aromatic heterocycles. The zero-order chi connectivity index (χ0) is 14.9. The molecule has 0 radical (unpaired) electrons. The molecule has 4 atom stereocenters. The number of aliphatic hydroxyl groups is 1. The van der Waals surface area contributed by atoms with E-state index in [9.17, 15) is 9.90 Å². The van der Waals surface area contributed by atoms with Gasteiger partial charge in [0.25, 0.3) is 5.56 Å². The van der Waals surface area contributed by atoms with Crippen LogP contribution in [-0.4, -0.2) is 33.9 Å². The van der Waals surface area contributed by atoms with Gasteiger partial charge >= 0.3 is 0 Å². The lowest BCUT2D eigenvalue weighted by Gasteiger charge is -2.19. The highest BCUT2D eigenvalue weighted by molar-refractivity contribution is 7.71. The molecule has 0 saturated carbocycles. The number of hydrogen-bond acceptors (Lipinski definition) is 5. The standard InChI is InChI=1S/C13H21N3O3S/c1-4-9-7(2)10(17)12(19-9)16-6-8(5-14-3)11(18)15-13(16)20/h6-7,9-10,12,14,17H,4-5H2,1-3H3,(H,15,18,20)/t7-,9+,10?,12+/m0/s1.